The van der Waals surface area contributed by atoms with Gasteiger partial charge in [0, 0.05) is 0 Å². The van der Waals surface area contributed by atoms with E-state index in [0.29, 0.717) is 13.2 Å². The molecule has 2 saturated heterocycles. The average molecular weight is 186 g/mol. The molecule has 2 amide bonds. The molecule has 0 saturated carbocycles. The molecule has 3 N–H and O–H groups in total. The smallest absolute Gasteiger partial charge is 0.405 e. The van der Waals surface area contributed by atoms with Crippen molar-refractivity contribution >= 4 is 12.0 Å². The fourth-order valence-corrected chi connectivity index (χ4v) is 1.74. The summed E-state index contributed by atoms with van der Waals surface area (Å²) >= 11 is 0. The van der Waals surface area contributed by atoms with Crippen molar-refractivity contribution in [1.29, 1.82) is 0 Å². The Kier molecular flexibility index (Phi) is 1.84. The fraction of sp³-hybridized carbons (Fsp3) is 0.714. The molecule has 0 aliphatic carbocycles. The summed E-state index contributed by atoms with van der Waals surface area (Å²) in [6, 6.07) is -0.0307. The molecule has 2 rings (SSSR count). The van der Waals surface area contributed by atoms with E-state index in [9.17, 15) is 9.59 Å². The zero-order valence-corrected chi connectivity index (χ0v) is 6.86. The van der Waals surface area contributed by atoms with Gasteiger partial charge >= 0.3 is 6.09 Å². The van der Waals surface area contributed by atoms with Crippen LogP contribution in [-0.2, 0) is 14.3 Å². The predicted molar refractivity (Wildman–Crippen MR) is 40.7 cm³/mol. The SMILES string of the molecule is NC(=O)O[C@@H]1C(=O)N[C@H]2COC[C@@H]21. The zero-order valence-electron chi connectivity index (χ0n) is 6.86. The van der Waals surface area contributed by atoms with Gasteiger partial charge in [-0.05, 0) is 0 Å². The molecule has 0 bridgehead atoms. The highest BCUT2D eigenvalue weighted by Gasteiger charge is 2.47. The van der Waals surface area contributed by atoms with E-state index in [0.717, 1.165) is 0 Å². The van der Waals surface area contributed by atoms with Crippen molar-refractivity contribution in [3.63, 3.8) is 0 Å². The van der Waals surface area contributed by atoms with Crippen LogP contribution in [0.25, 0.3) is 0 Å². The van der Waals surface area contributed by atoms with Gasteiger partial charge in [-0.25, -0.2) is 4.79 Å². The minimum atomic E-state index is -0.923. The van der Waals surface area contributed by atoms with E-state index in [1.54, 1.807) is 0 Å². The van der Waals surface area contributed by atoms with Crippen LogP contribution in [0.5, 0.6) is 0 Å². The number of hydrogen-bond acceptors (Lipinski definition) is 4. The average Bonchev–Trinajstić information content (AvgIpc) is 2.55. The van der Waals surface area contributed by atoms with Gasteiger partial charge in [0.05, 0.1) is 25.2 Å². The first kappa shape index (κ1) is 8.31. The fourth-order valence-electron chi connectivity index (χ4n) is 1.74. The van der Waals surface area contributed by atoms with Gasteiger partial charge in [-0.3, -0.25) is 4.79 Å². The molecule has 2 aliphatic rings. The second kappa shape index (κ2) is 2.88. The molecule has 6 heteroatoms. The standard InChI is InChI=1S/C7H10N2O4/c8-7(11)13-5-3-1-12-2-4(3)9-6(5)10/h3-5H,1-2H2,(H2,8,11)(H,9,10)/t3-,4-,5-/m0/s1. The Hall–Kier alpha value is -1.30. The minimum Gasteiger partial charge on any atom is -0.436 e. The second-order valence-corrected chi connectivity index (χ2v) is 3.17. The first-order valence-electron chi connectivity index (χ1n) is 4.02. The maximum Gasteiger partial charge on any atom is 0.405 e. The van der Waals surface area contributed by atoms with Crippen LogP contribution in [-0.4, -0.2) is 37.4 Å². The third kappa shape index (κ3) is 1.33. The first-order valence-corrected chi connectivity index (χ1v) is 4.02. The second-order valence-electron chi connectivity index (χ2n) is 3.17. The maximum atomic E-state index is 11.2. The van der Waals surface area contributed by atoms with Crippen molar-refractivity contribution in [3.05, 3.63) is 0 Å². The van der Waals surface area contributed by atoms with Crippen molar-refractivity contribution in [3.8, 4) is 0 Å². The molecule has 0 aromatic rings. The van der Waals surface area contributed by atoms with Gasteiger partial charge in [0.1, 0.15) is 0 Å². The van der Waals surface area contributed by atoms with E-state index in [-0.39, 0.29) is 17.9 Å². The Labute approximate surface area is 74.4 Å². The van der Waals surface area contributed by atoms with Crippen molar-refractivity contribution in [2.75, 3.05) is 13.2 Å². The number of fused-ring (bicyclic) bond motifs is 1. The van der Waals surface area contributed by atoms with Crippen molar-refractivity contribution in [2.24, 2.45) is 11.7 Å². The van der Waals surface area contributed by atoms with Gasteiger partial charge in [0.25, 0.3) is 5.91 Å². The highest BCUT2D eigenvalue weighted by molar-refractivity contribution is 5.86. The van der Waals surface area contributed by atoms with Crippen LogP contribution >= 0.6 is 0 Å². The summed E-state index contributed by atoms with van der Waals surface area (Å²) in [7, 11) is 0. The van der Waals surface area contributed by atoms with Gasteiger partial charge in [0.2, 0.25) is 0 Å². The molecule has 0 aromatic heterocycles. The zero-order chi connectivity index (χ0) is 9.42. The number of amides is 2. The van der Waals surface area contributed by atoms with Gasteiger partial charge in [0.15, 0.2) is 6.10 Å². The quantitative estimate of drug-likeness (QED) is 0.526. The van der Waals surface area contributed by atoms with E-state index in [1.807, 2.05) is 0 Å². The summed E-state index contributed by atoms with van der Waals surface area (Å²) in [4.78, 5) is 21.7. The normalized spacial score (nSPS) is 36.9. The summed E-state index contributed by atoms with van der Waals surface area (Å²) in [5.74, 6) is -0.364. The van der Waals surface area contributed by atoms with E-state index in [4.69, 9.17) is 10.5 Å². The maximum absolute atomic E-state index is 11.2. The molecule has 0 unspecified atom stereocenters. The summed E-state index contributed by atoms with van der Waals surface area (Å²) < 4.78 is 9.81. The van der Waals surface area contributed by atoms with E-state index >= 15 is 0 Å². The Morgan fingerprint density at radius 1 is 1.62 bits per heavy atom. The lowest BCUT2D eigenvalue weighted by molar-refractivity contribution is -0.128. The van der Waals surface area contributed by atoms with Gasteiger partial charge in [-0.2, -0.15) is 0 Å². The molecule has 0 aromatic carbocycles. The van der Waals surface area contributed by atoms with Crippen molar-refractivity contribution in [2.45, 2.75) is 12.1 Å². The molecule has 2 aliphatic heterocycles. The Morgan fingerprint density at radius 3 is 3.08 bits per heavy atom. The molecule has 2 heterocycles. The van der Waals surface area contributed by atoms with Crippen LogP contribution in [0.1, 0.15) is 0 Å². The number of carbonyl (C=O) groups excluding carboxylic acids is 2. The van der Waals surface area contributed by atoms with Crippen molar-refractivity contribution in [1.82, 2.24) is 5.32 Å². The molecule has 72 valence electrons. The number of primary amides is 1. The summed E-state index contributed by atoms with van der Waals surface area (Å²) in [5.41, 5.74) is 4.84. The number of nitrogens with two attached hydrogens (primary N) is 1. The number of hydrogen-bond donors (Lipinski definition) is 2. The summed E-state index contributed by atoms with van der Waals surface area (Å²) in [6.45, 7) is 0.913. The minimum absolute atomic E-state index is 0.0307. The predicted octanol–water partition coefficient (Wildman–Crippen LogP) is -1.40. The van der Waals surface area contributed by atoms with E-state index < -0.39 is 12.2 Å². The van der Waals surface area contributed by atoms with Crippen LogP contribution in [0.4, 0.5) is 4.79 Å². The lowest BCUT2D eigenvalue weighted by atomic mass is 10.0. The van der Waals surface area contributed by atoms with Crippen LogP contribution < -0.4 is 11.1 Å². The molecular weight excluding hydrogens is 176 g/mol. The van der Waals surface area contributed by atoms with Crippen molar-refractivity contribution < 1.29 is 19.1 Å². The largest absolute Gasteiger partial charge is 0.436 e. The monoisotopic (exact) mass is 186 g/mol. The third-order valence-corrected chi connectivity index (χ3v) is 2.34. The Bertz CT molecular complexity index is 255. The summed E-state index contributed by atoms with van der Waals surface area (Å²) in [5, 5.41) is 2.67. The van der Waals surface area contributed by atoms with Crippen LogP contribution in [0, 0.1) is 5.92 Å². The number of rotatable bonds is 1. The van der Waals surface area contributed by atoms with Gasteiger partial charge in [-0.1, -0.05) is 0 Å². The third-order valence-electron chi connectivity index (χ3n) is 2.34. The molecule has 0 spiro atoms. The van der Waals surface area contributed by atoms with Gasteiger partial charge < -0.3 is 20.5 Å². The first-order chi connectivity index (χ1) is 6.18. The van der Waals surface area contributed by atoms with Crippen LogP contribution in [0.15, 0.2) is 0 Å². The number of carbonyl (C=O) groups is 2. The summed E-state index contributed by atoms with van der Waals surface area (Å²) in [6.07, 6.45) is -1.70. The number of nitrogens with one attached hydrogen (secondary N) is 1. The highest BCUT2D eigenvalue weighted by atomic mass is 16.6. The van der Waals surface area contributed by atoms with Gasteiger partial charge in [-0.15, -0.1) is 0 Å². The number of ether oxygens (including phenoxy) is 2. The molecule has 0 radical (unpaired) electrons. The molecule has 3 atom stereocenters. The Balaban J connectivity index is 2.08. The van der Waals surface area contributed by atoms with Crippen LogP contribution in [0.2, 0.25) is 0 Å². The van der Waals surface area contributed by atoms with E-state index in [1.165, 1.54) is 0 Å². The van der Waals surface area contributed by atoms with E-state index in [2.05, 4.69) is 10.1 Å². The lowest BCUT2D eigenvalue weighted by Gasteiger charge is -2.12. The van der Waals surface area contributed by atoms with Crippen LogP contribution in [0.3, 0.4) is 0 Å². The molecular formula is C7H10N2O4. The topological polar surface area (TPSA) is 90.7 Å². The molecule has 13 heavy (non-hydrogen) atoms. The lowest BCUT2D eigenvalue weighted by Crippen LogP contribution is -2.34. The Morgan fingerprint density at radius 2 is 2.38 bits per heavy atom. The highest BCUT2D eigenvalue weighted by Crippen LogP contribution is 2.25. The molecule has 6 nitrogen and oxygen atoms in total. The molecule has 2 fully saturated rings.